The van der Waals surface area contributed by atoms with Crippen LogP contribution >= 0.6 is 0 Å². The first kappa shape index (κ1) is 20.1. The summed E-state index contributed by atoms with van der Waals surface area (Å²) in [5, 5.41) is 3.30. The van der Waals surface area contributed by atoms with Crippen molar-refractivity contribution in [3.63, 3.8) is 0 Å². The van der Waals surface area contributed by atoms with E-state index in [9.17, 15) is 4.79 Å². The number of nitrogens with zero attached hydrogens (tertiary/aromatic N) is 3. The van der Waals surface area contributed by atoms with Crippen LogP contribution in [0.3, 0.4) is 0 Å². The molecule has 1 aromatic heterocycles. The molecular formula is C22H24N4O3. The van der Waals surface area contributed by atoms with Gasteiger partial charge in [-0.1, -0.05) is 12.1 Å². The molecule has 0 aliphatic rings. The van der Waals surface area contributed by atoms with Crippen LogP contribution in [0.5, 0.6) is 11.5 Å². The number of methoxy groups -OCH3 is 2. The highest BCUT2D eigenvalue weighted by Gasteiger charge is 2.10. The summed E-state index contributed by atoms with van der Waals surface area (Å²) in [6, 6.07) is 14.8. The maximum absolute atomic E-state index is 12.0. The molecule has 0 unspecified atom stereocenters. The topological polar surface area (TPSA) is 76.6 Å². The van der Waals surface area contributed by atoms with Crippen LogP contribution in [0.15, 0.2) is 54.7 Å². The van der Waals surface area contributed by atoms with Gasteiger partial charge in [0.1, 0.15) is 17.3 Å². The average Bonchev–Trinajstić information content (AvgIpc) is 2.77. The van der Waals surface area contributed by atoms with Gasteiger partial charge in [0.25, 0.3) is 5.91 Å². The van der Waals surface area contributed by atoms with Gasteiger partial charge in [-0.3, -0.25) is 4.79 Å². The van der Waals surface area contributed by atoms with E-state index in [2.05, 4.69) is 15.3 Å². The summed E-state index contributed by atoms with van der Waals surface area (Å²) in [6.07, 6.45) is 1.70. The number of ether oxygens (including phenoxy) is 2. The third kappa shape index (κ3) is 4.82. The fourth-order valence-electron chi connectivity index (χ4n) is 2.80. The lowest BCUT2D eigenvalue weighted by molar-refractivity contribution is 0.0827. The molecule has 0 radical (unpaired) electrons. The Kier molecular flexibility index (Phi) is 6.29. The Balaban J connectivity index is 1.74. The Morgan fingerprint density at radius 1 is 1.03 bits per heavy atom. The summed E-state index contributed by atoms with van der Waals surface area (Å²) in [7, 11) is 6.71. The van der Waals surface area contributed by atoms with Crippen molar-refractivity contribution in [2.75, 3.05) is 33.6 Å². The van der Waals surface area contributed by atoms with Crippen molar-refractivity contribution < 1.29 is 14.3 Å². The molecule has 7 heteroatoms. The van der Waals surface area contributed by atoms with Gasteiger partial charge in [0, 0.05) is 49.6 Å². The lowest BCUT2D eigenvalue weighted by Crippen LogP contribution is -2.21. The number of aromatic nitrogens is 2. The number of benzene rings is 2. The van der Waals surface area contributed by atoms with Crippen molar-refractivity contribution in [2.45, 2.75) is 6.54 Å². The fourth-order valence-corrected chi connectivity index (χ4v) is 2.80. The molecule has 3 rings (SSSR count). The largest absolute Gasteiger partial charge is 0.497 e. The predicted octanol–water partition coefficient (Wildman–Crippen LogP) is 3.47. The van der Waals surface area contributed by atoms with Gasteiger partial charge in [0.2, 0.25) is 0 Å². The molecule has 0 atom stereocenters. The van der Waals surface area contributed by atoms with Gasteiger partial charge in [-0.2, -0.15) is 0 Å². The summed E-state index contributed by atoms with van der Waals surface area (Å²) in [6.45, 7) is 0.542. The van der Waals surface area contributed by atoms with Gasteiger partial charge in [-0.25, -0.2) is 9.97 Å². The van der Waals surface area contributed by atoms with Gasteiger partial charge in [-0.15, -0.1) is 0 Å². The molecule has 29 heavy (non-hydrogen) atoms. The number of carbonyl (C=O) groups excluding carboxylic acids is 1. The molecule has 7 nitrogen and oxygen atoms in total. The first-order chi connectivity index (χ1) is 14.0. The smallest absolute Gasteiger partial charge is 0.253 e. The van der Waals surface area contributed by atoms with E-state index in [-0.39, 0.29) is 5.91 Å². The predicted molar refractivity (Wildman–Crippen MR) is 112 cm³/mol. The number of amides is 1. The van der Waals surface area contributed by atoms with Crippen LogP contribution in [-0.2, 0) is 6.54 Å². The Hall–Kier alpha value is -3.61. The van der Waals surface area contributed by atoms with Gasteiger partial charge < -0.3 is 19.7 Å². The highest BCUT2D eigenvalue weighted by molar-refractivity contribution is 5.94. The van der Waals surface area contributed by atoms with E-state index in [0.29, 0.717) is 23.8 Å². The summed E-state index contributed by atoms with van der Waals surface area (Å²) in [5.41, 5.74) is 2.45. The van der Waals surface area contributed by atoms with Crippen molar-refractivity contribution in [1.29, 1.82) is 0 Å². The Labute approximate surface area is 170 Å². The van der Waals surface area contributed by atoms with Crippen molar-refractivity contribution in [3.05, 3.63) is 65.9 Å². The highest BCUT2D eigenvalue weighted by Crippen LogP contribution is 2.25. The lowest BCUT2D eigenvalue weighted by atomic mass is 10.1. The van der Waals surface area contributed by atoms with E-state index >= 15 is 0 Å². The Morgan fingerprint density at radius 3 is 2.45 bits per heavy atom. The first-order valence-corrected chi connectivity index (χ1v) is 9.11. The van der Waals surface area contributed by atoms with Crippen LogP contribution in [0.2, 0.25) is 0 Å². The summed E-state index contributed by atoms with van der Waals surface area (Å²) in [5.74, 6) is 2.72. The summed E-state index contributed by atoms with van der Waals surface area (Å²) < 4.78 is 10.7. The minimum absolute atomic E-state index is 0.0404. The van der Waals surface area contributed by atoms with E-state index in [4.69, 9.17) is 9.47 Å². The van der Waals surface area contributed by atoms with E-state index in [0.717, 1.165) is 22.6 Å². The van der Waals surface area contributed by atoms with Crippen LogP contribution in [0.1, 0.15) is 15.9 Å². The third-order valence-corrected chi connectivity index (χ3v) is 4.41. The van der Waals surface area contributed by atoms with E-state index in [1.54, 1.807) is 51.5 Å². The standard InChI is InChI=1S/C22H24N4O3/c1-26(2)22(27)16-7-5-15(6-8-16)21-23-12-11-20(25-21)24-14-17-9-10-18(28-3)13-19(17)29-4/h5-13H,14H2,1-4H3,(H,23,24,25). The van der Waals surface area contributed by atoms with Crippen LogP contribution in [0.4, 0.5) is 5.82 Å². The van der Waals surface area contributed by atoms with Gasteiger partial charge >= 0.3 is 0 Å². The number of hydrogen-bond donors (Lipinski definition) is 1. The maximum atomic E-state index is 12.0. The molecule has 1 heterocycles. The van der Waals surface area contributed by atoms with E-state index < -0.39 is 0 Å². The molecule has 0 aliphatic heterocycles. The Bertz CT molecular complexity index is 988. The maximum Gasteiger partial charge on any atom is 0.253 e. The van der Waals surface area contributed by atoms with Crippen LogP contribution in [0, 0.1) is 0 Å². The number of hydrogen-bond acceptors (Lipinski definition) is 6. The van der Waals surface area contributed by atoms with Crippen LogP contribution in [-0.4, -0.2) is 49.1 Å². The number of anilines is 1. The molecule has 150 valence electrons. The number of nitrogens with one attached hydrogen (secondary N) is 1. The van der Waals surface area contributed by atoms with Gasteiger partial charge in [-0.05, 0) is 30.3 Å². The zero-order valence-electron chi connectivity index (χ0n) is 17.0. The first-order valence-electron chi connectivity index (χ1n) is 9.11. The number of carbonyl (C=O) groups is 1. The Morgan fingerprint density at radius 2 is 1.79 bits per heavy atom. The van der Waals surface area contributed by atoms with Crippen molar-refractivity contribution in [3.8, 4) is 22.9 Å². The van der Waals surface area contributed by atoms with Crippen molar-refractivity contribution in [2.24, 2.45) is 0 Å². The minimum Gasteiger partial charge on any atom is -0.497 e. The molecule has 1 amide bonds. The molecule has 2 aromatic carbocycles. The second kappa shape index (κ2) is 9.05. The minimum atomic E-state index is -0.0404. The third-order valence-electron chi connectivity index (χ3n) is 4.41. The monoisotopic (exact) mass is 392 g/mol. The summed E-state index contributed by atoms with van der Waals surface area (Å²) in [4.78, 5) is 22.5. The molecule has 0 saturated carbocycles. The van der Waals surface area contributed by atoms with E-state index in [1.807, 2.05) is 36.4 Å². The van der Waals surface area contributed by atoms with Crippen LogP contribution in [0.25, 0.3) is 11.4 Å². The quantitative estimate of drug-likeness (QED) is 0.663. The zero-order valence-corrected chi connectivity index (χ0v) is 17.0. The SMILES string of the molecule is COc1ccc(CNc2ccnc(-c3ccc(C(=O)N(C)C)cc3)n2)c(OC)c1. The molecular weight excluding hydrogens is 368 g/mol. The lowest BCUT2D eigenvalue weighted by Gasteiger charge is -2.12. The van der Waals surface area contributed by atoms with E-state index in [1.165, 1.54) is 0 Å². The molecule has 0 fully saturated rings. The average molecular weight is 392 g/mol. The molecule has 3 aromatic rings. The highest BCUT2D eigenvalue weighted by atomic mass is 16.5. The molecule has 1 N–H and O–H groups in total. The normalized spacial score (nSPS) is 10.3. The fraction of sp³-hybridized carbons (Fsp3) is 0.227. The second-order valence-corrected chi connectivity index (χ2v) is 6.57. The molecule has 0 saturated heterocycles. The molecule has 0 spiro atoms. The molecule has 0 bridgehead atoms. The van der Waals surface area contributed by atoms with Gasteiger partial charge in [0.05, 0.1) is 14.2 Å². The molecule has 0 aliphatic carbocycles. The van der Waals surface area contributed by atoms with Gasteiger partial charge in [0.15, 0.2) is 5.82 Å². The van der Waals surface area contributed by atoms with Crippen molar-refractivity contribution in [1.82, 2.24) is 14.9 Å². The number of rotatable bonds is 7. The van der Waals surface area contributed by atoms with Crippen LogP contribution < -0.4 is 14.8 Å². The van der Waals surface area contributed by atoms with Crippen molar-refractivity contribution >= 4 is 11.7 Å². The second-order valence-electron chi connectivity index (χ2n) is 6.57. The zero-order chi connectivity index (χ0) is 20.8. The summed E-state index contributed by atoms with van der Waals surface area (Å²) >= 11 is 0.